The predicted octanol–water partition coefficient (Wildman–Crippen LogP) is 0.898. The van der Waals surface area contributed by atoms with Crippen LogP contribution in [0.5, 0.6) is 0 Å². The third-order valence-electron chi connectivity index (χ3n) is 2.70. The Morgan fingerprint density at radius 3 is 2.93 bits per heavy atom. The van der Waals surface area contributed by atoms with Crippen LogP contribution in [-0.2, 0) is 13.0 Å². The van der Waals surface area contributed by atoms with Crippen LogP contribution in [0.15, 0.2) is 18.2 Å². The third kappa shape index (κ3) is 1.74. The lowest BCUT2D eigenvalue weighted by Crippen LogP contribution is -2.28. The summed E-state index contributed by atoms with van der Waals surface area (Å²) < 4.78 is 0. The van der Waals surface area contributed by atoms with Gasteiger partial charge in [-0.25, -0.2) is 0 Å². The molecule has 0 unspecified atom stereocenters. The lowest BCUT2D eigenvalue weighted by Gasteiger charge is -2.25. The highest BCUT2D eigenvalue weighted by atomic mass is 16.3. The molecule has 3 nitrogen and oxygen atoms in total. The fourth-order valence-corrected chi connectivity index (χ4v) is 1.83. The van der Waals surface area contributed by atoms with Crippen LogP contribution in [0.1, 0.15) is 17.5 Å². The normalized spacial score (nSPS) is 20.0. The van der Waals surface area contributed by atoms with Crippen LogP contribution in [0.4, 0.5) is 5.69 Å². The second kappa shape index (κ2) is 3.98. The van der Waals surface area contributed by atoms with Crippen molar-refractivity contribution in [3.05, 3.63) is 29.3 Å². The number of anilines is 1. The number of aryl methyl sites for hydroxylation is 1. The predicted molar refractivity (Wildman–Crippen MR) is 55.2 cm³/mol. The van der Waals surface area contributed by atoms with Crippen molar-refractivity contribution in [2.24, 2.45) is 0 Å². The van der Waals surface area contributed by atoms with Crippen LogP contribution in [0.25, 0.3) is 0 Å². The van der Waals surface area contributed by atoms with E-state index < -0.39 is 0 Å². The average Bonchev–Trinajstić information content (AvgIpc) is 2.27. The van der Waals surface area contributed by atoms with Crippen molar-refractivity contribution in [3.63, 3.8) is 0 Å². The fourth-order valence-electron chi connectivity index (χ4n) is 1.83. The molecule has 1 heterocycles. The molecule has 0 saturated heterocycles. The number of hydrogen-bond donors (Lipinski definition) is 3. The highest BCUT2D eigenvalue weighted by molar-refractivity contribution is 5.55. The standard InChI is InChI=1S/C11H15NO2/c13-6-8-1-2-9-3-4-10(7-14)12-11(9)5-8/h1-2,5,10,12-14H,3-4,6-7H2/t10-/m0/s1. The molecule has 0 radical (unpaired) electrons. The molecule has 0 aromatic heterocycles. The van der Waals surface area contributed by atoms with Gasteiger partial charge in [0.1, 0.15) is 0 Å². The molecule has 1 aliphatic rings. The van der Waals surface area contributed by atoms with E-state index in [0.29, 0.717) is 0 Å². The van der Waals surface area contributed by atoms with E-state index in [1.165, 1.54) is 5.56 Å². The third-order valence-corrected chi connectivity index (χ3v) is 2.70. The first kappa shape index (κ1) is 9.49. The van der Waals surface area contributed by atoms with Crippen LogP contribution in [-0.4, -0.2) is 22.9 Å². The maximum absolute atomic E-state index is 9.03. The molecule has 2 rings (SSSR count). The van der Waals surface area contributed by atoms with Crippen LogP contribution in [0.3, 0.4) is 0 Å². The lowest BCUT2D eigenvalue weighted by atomic mass is 9.97. The molecule has 1 aromatic carbocycles. The van der Waals surface area contributed by atoms with E-state index in [1.807, 2.05) is 18.2 Å². The molecule has 0 amide bonds. The van der Waals surface area contributed by atoms with Crippen LogP contribution >= 0.6 is 0 Å². The lowest BCUT2D eigenvalue weighted by molar-refractivity contribution is 0.267. The van der Waals surface area contributed by atoms with E-state index in [0.717, 1.165) is 24.1 Å². The van der Waals surface area contributed by atoms with E-state index in [-0.39, 0.29) is 19.3 Å². The summed E-state index contributed by atoms with van der Waals surface area (Å²) in [5.41, 5.74) is 3.24. The SMILES string of the molecule is OCc1ccc2c(c1)N[C@H](CO)CC2. The highest BCUT2D eigenvalue weighted by Gasteiger charge is 2.16. The minimum atomic E-state index is 0.0682. The zero-order valence-corrected chi connectivity index (χ0v) is 8.03. The van der Waals surface area contributed by atoms with Crippen molar-refractivity contribution in [2.75, 3.05) is 11.9 Å². The largest absolute Gasteiger partial charge is 0.394 e. The number of aliphatic hydroxyl groups is 2. The summed E-state index contributed by atoms with van der Waals surface area (Å²) in [7, 11) is 0. The maximum Gasteiger partial charge on any atom is 0.0682 e. The fraction of sp³-hybridized carbons (Fsp3) is 0.455. The molecule has 3 heteroatoms. The molecule has 76 valence electrons. The van der Waals surface area contributed by atoms with Gasteiger partial charge in [-0.15, -0.1) is 0 Å². The van der Waals surface area contributed by atoms with Crippen molar-refractivity contribution in [3.8, 4) is 0 Å². The van der Waals surface area contributed by atoms with Gasteiger partial charge < -0.3 is 15.5 Å². The zero-order chi connectivity index (χ0) is 9.97. The minimum Gasteiger partial charge on any atom is -0.394 e. The van der Waals surface area contributed by atoms with E-state index in [9.17, 15) is 0 Å². The van der Waals surface area contributed by atoms with E-state index in [1.54, 1.807) is 0 Å². The van der Waals surface area contributed by atoms with Crippen LogP contribution < -0.4 is 5.32 Å². The number of fused-ring (bicyclic) bond motifs is 1. The van der Waals surface area contributed by atoms with Crippen LogP contribution in [0.2, 0.25) is 0 Å². The van der Waals surface area contributed by atoms with Crippen LogP contribution in [0, 0.1) is 0 Å². The monoisotopic (exact) mass is 193 g/mol. The number of hydrogen-bond acceptors (Lipinski definition) is 3. The quantitative estimate of drug-likeness (QED) is 0.654. The van der Waals surface area contributed by atoms with Crippen molar-refractivity contribution >= 4 is 5.69 Å². The summed E-state index contributed by atoms with van der Waals surface area (Å²) in [6.45, 7) is 0.238. The van der Waals surface area contributed by atoms with Crippen molar-refractivity contribution in [1.29, 1.82) is 0 Å². The molecule has 3 N–H and O–H groups in total. The van der Waals surface area contributed by atoms with E-state index in [2.05, 4.69) is 5.32 Å². The first-order valence-corrected chi connectivity index (χ1v) is 4.93. The molecule has 0 bridgehead atoms. The van der Waals surface area contributed by atoms with E-state index >= 15 is 0 Å². The summed E-state index contributed by atoms with van der Waals surface area (Å²) in [4.78, 5) is 0. The smallest absolute Gasteiger partial charge is 0.0682 e. The number of aliphatic hydroxyl groups excluding tert-OH is 2. The Balaban J connectivity index is 2.25. The van der Waals surface area contributed by atoms with Crippen molar-refractivity contribution in [1.82, 2.24) is 0 Å². The Bertz CT molecular complexity index is 325. The Kier molecular flexibility index (Phi) is 2.70. The summed E-state index contributed by atoms with van der Waals surface area (Å²) in [6, 6.07) is 6.11. The number of benzene rings is 1. The zero-order valence-electron chi connectivity index (χ0n) is 8.03. The summed E-state index contributed by atoms with van der Waals surface area (Å²) in [5, 5.41) is 21.3. The molecular weight excluding hydrogens is 178 g/mol. The van der Waals surface area contributed by atoms with Gasteiger partial charge in [0.2, 0.25) is 0 Å². The van der Waals surface area contributed by atoms with Gasteiger partial charge in [0.25, 0.3) is 0 Å². The molecule has 1 atom stereocenters. The second-order valence-electron chi connectivity index (χ2n) is 3.71. The van der Waals surface area contributed by atoms with Gasteiger partial charge in [-0.1, -0.05) is 12.1 Å². The average molecular weight is 193 g/mol. The minimum absolute atomic E-state index is 0.0682. The molecular formula is C11H15NO2. The number of rotatable bonds is 2. The maximum atomic E-state index is 9.03. The van der Waals surface area contributed by atoms with Gasteiger partial charge in [0.15, 0.2) is 0 Å². The molecule has 0 fully saturated rings. The first-order valence-electron chi connectivity index (χ1n) is 4.93. The van der Waals surface area contributed by atoms with Crippen molar-refractivity contribution in [2.45, 2.75) is 25.5 Å². The highest BCUT2D eigenvalue weighted by Crippen LogP contribution is 2.25. The number of nitrogens with one attached hydrogen (secondary N) is 1. The Morgan fingerprint density at radius 1 is 1.36 bits per heavy atom. The summed E-state index contributed by atoms with van der Waals surface area (Å²) >= 11 is 0. The van der Waals surface area contributed by atoms with Gasteiger partial charge in [-0.3, -0.25) is 0 Å². The van der Waals surface area contributed by atoms with Gasteiger partial charge in [0.05, 0.1) is 13.2 Å². The molecule has 0 aliphatic carbocycles. The Morgan fingerprint density at radius 2 is 2.21 bits per heavy atom. The first-order chi connectivity index (χ1) is 6.83. The van der Waals surface area contributed by atoms with Gasteiger partial charge in [-0.05, 0) is 30.0 Å². The molecule has 1 aliphatic heterocycles. The molecule has 0 spiro atoms. The van der Waals surface area contributed by atoms with Crippen molar-refractivity contribution < 1.29 is 10.2 Å². The molecule has 0 saturated carbocycles. The molecule has 14 heavy (non-hydrogen) atoms. The summed E-state index contributed by atoms with van der Waals surface area (Å²) in [6.07, 6.45) is 1.97. The Labute approximate surface area is 83.4 Å². The molecule has 1 aromatic rings. The van der Waals surface area contributed by atoms with Gasteiger partial charge >= 0.3 is 0 Å². The topological polar surface area (TPSA) is 52.5 Å². The second-order valence-corrected chi connectivity index (χ2v) is 3.71. The Hall–Kier alpha value is -1.06. The van der Waals surface area contributed by atoms with Gasteiger partial charge in [0, 0.05) is 11.7 Å². The van der Waals surface area contributed by atoms with E-state index in [4.69, 9.17) is 10.2 Å². The van der Waals surface area contributed by atoms with Gasteiger partial charge in [-0.2, -0.15) is 0 Å². The summed E-state index contributed by atoms with van der Waals surface area (Å²) in [5.74, 6) is 0.